The number of hydrogen-bond donors (Lipinski definition) is 1. The van der Waals surface area contributed by atoms with E-state index < -0.39 is 0 Å². The van der Waals surface area contributed by atoms with Crippen molar-refractivity contribution in [3.05, 3.63) is 65.6 Å². The summed E-state index contributed by atoms with van der Waals surface area (Å²) in [6, 6.07) is 14.7. The molecule has 0 spiro atoms. The van der Waals surface area contributed by atoms with E-state index >= 15 is 0 Å². The minimum Gasteiger partial charge on any atom is -0.497 e. The number of nitrogens with one attached hydrogen (secondary N) is 1. The molecule has 4 aromatic rings. The fourth-order valence-electron chi connectivity index (χ4n) is 3.54. The number of ether oxygens (including phenoxy) is 3. The number of fused-ring (bicyclic) bond motifs is 1. The third-order valence-electron chi connectivity index (χ3n) is 5.14. The molecule has 0 saturated carbocycles. The summed E-state index contributed by atoms with van der Waals surface area (Å²) >= 11 is 0. The molecular weight excluding hydrogens is 422 g/mol. The molecule has 2 heterocycles. The Morgan fingerprint density at radius 1 is 1.00 bits per heavy atom. The van der Waals surface area contributed by atoms with Gasteiger partial charge in [-0.2, -0.15) is 5.10 Å². The zero-order valence-electron chi connectivity index (χ0n) is 19.0. The lowest BCUT2D eigenvalue weighted by Gasteiger charge is -2.09. The van der Waals surface area contributed by atoms with Crippen molar-refractivity contribution in [2.24, 2.45) is 0 Å². The zero-order chi connectivity index (χ0) is 23.4. The Labute approximate surface area is 191 Å². The molecule has 170 valence electrons. The lowest BCUT2D eigenvalue weighted by Crippen LogP contribution is -2.18. The van der Waals surface area contributed by atoms with Crippen molar-refractivity contribution in [3.8, 4) is 22.6 Å². The Kier molecular flexibility index (Phi) is 6.50. The van der Waals surface area contributed by atoms with E-state index in [0.717, 1.165) is 22.6 Å². The molecule has 9 heteroatoms. The average molecular weight is 447 g/mol. The molecule has 0 aliphatic heterocycles. The first-order valence-electron chi connectivity index (χ1n) is 10.5. The Balaban J connectivity index is 1.69. The molecule has 0 saturated heterocycles. The van der Waals surface area contributed by atoms with E-state index in [1.165, 1.54) is 0 Å². The van der Waals surface area contributed by atoms with Gasteiger partial charge in [0, 0.05) is 12.8 Å². The van der Waals surface area contributed by atoms with Crippen LogP contribution >= 0.6 is 0 Å². The molecule has 0 fully saturated rings. The molecule has 1 N–H and O–H groups in total. The molecule has 4 rings (SSSR count). The summed E-state index contributed by atoms with van der Waals surface area (Å²) < 4.78 is 17.7. The van der Waals surface area contributed by atoms with Crippen LogP contribution in [0.15, 0.2) is 48.5 Å². The number of hydrogen-bond acceptors (Lipinski definition) is 7. The Hall–Kier alpha value is -3.98. The summed E-state index contributed by atoms with van der Waals surface area (Å²) in [6.45, 7) is 4.57. The van der Waals surface area contributed by atoms with Gasteiger partial charge in [0.1, 0.15) is 11.5 Å². The number of carbonyl (C=O) groups is 1. The first-order chi connectivity index (χ1) is 16.0. The minimum absolute atomic E-state index is 0.184. The number of aromatic nitrogens is 4. The van der Waals surface area contributed by atoms with Gasteiger partial charge < -0.3 is 19.5 Å². The highest BCUT2D eigenvalue weighted by Crippen LogP contribution is 2.30. The smallest absolute Gasteiger partial charge is 0.278 e. The highest BCUT2D eigenvalue weighted by Gasteiger charge is 2.22. The summed E-state index contributed by atoms with van der Waals surface area (Å²) in [5, 5.41) is 16.1. The van der Waals surface area contributed by atoms with Gasteiger partial charge in [-0.15, -0.1) is 10.2 Å². The molecule has 2 aromatic heterocycles. The van der Waals surface area contributed by atoms with Gasteiger partial charge >= 0.3 is 0 Å². The summed E-state index contributed by atoms with van der Waals surface area (Å²) in [7, 11) is 3.23. The lowest BCUT2D eigenvalue weighted by molar-refractivity contribution is 0.102. The Morgan fingerprint density at radius 3 is 2.33 bits per heavy atom. The molecule has 0 bridgehead atoms. The van der Waals surface area contributed by atoms with E-state index in [4.69, 9.17) is 14.2 Å². The normalized spacial score (nSPS) is 10.9. The number of amides is 1. The first-order valence-corrected chi connectivity index (χ1v) is 10.5. The van der Waals surface area contributed by atoms with Crippen LogP contribution in [0.5, 0.6) is 11.5 Å². The van der Waals surface area contributed by atoms with Gasteiger partial charge in [0.05, 0.1) is 37.3 Å². The maximum atomic E-state index is 12.9. The Morgan fingerprint density at radius 2 is 1.70 bits per heavy atom. The maximum absolute atomic E-state index is 12.9. The molecule has 33 heavy (non-hydrogen) atoms. The largest absolute Gasteiger partial charge is 0.497 e. The first kappa shape index (κ1) is 22.2. The topological polar surface area (TPSA) is 99.9 Å². The van der Waals surface area contributed by atoms with Gasteiger partial charge in [-0.3, -0.25) is 4.79 Å². The number of rotatable bonds is 8. The predicted octanol–water partition coefficient (Wildman–Crippen LogP) is 3.91. The van der Waals surface area contributed by atoms with Crippen molar-refractivity contribution in [1.82, 2.24) is 19.8 Å². The fraction of sp³-hybridized carbons (Fsp3) is 0.250. The van der Waals surface area contributed by atoms with Crippen LogP contribution in [0.3, 0.4) is 0 Å². The van der Waals surface area contributed by atoms with Crippen molar-refractivity contribution in [1.29, 1.82) is 0 Å². The molecular formula is C24H25N5O4. The monoisotopic (exact) mass is 447 g/mol. The van der Waals surface area contributed by atoms with Gasteiger partial charge in [-0.1, -0.05) is 12.1 Å². The number of anilines is 1. The second kappa shape index (κ2) is 9.66. The Bertz CT molecular complexity index is 1270. The highest BCUT2D eigenvalue weighted by molar-refractivity contribution is 6.03. The van der Waals surface area contributed by atoms with Gasteiger partial charge in [0.15, 0.2) is 11.3 Å². The number of aryl methyl sites for hydroxylation is 1. The van der Waals surface area contributed by atoms with Crippen LogP contribution in [-0.2, 0) is 11.3 Å². The van der Waals surface area contributed by atoms with E-state index in [9.17, 15) is 4.79 Å². The summed E-state index contributed by atoms with van der Waals surface area (Å²) in [5.74, 6) is 1.11. The summed E-state index contributed by atoms with van der Waals surface area (Å²) in [4.78, 5) is 12.9. The van der Waals surface area contributed by atoms with Gasteiger partial charge in [-0.05, 0) is 55.8 Å². The summed E-state index contributed by atoms with van der Waals surface area (Å²) in [6.07, 6.45) is 0. The number of methoxy groups -OCH3 is 2. The molecule has 2 aromatic carbocycles. The number of benzene rings is 2. The van der Waals surface area contributed by atoms with Crippen molar-refractivity contribution < 1.29 is 19.0 Å². The second-order valence-electron chi connectivity index (χ2n) is 7.26. The quantitative estimate of drug-likeness (QED) is 0.437. The van der Waals surface area contributed by atoms with Gasteiger partial charge in [0.25, 0.3) is 5.91 Å². The van der Waals surface area contributed by atoms with E-state index in [1.54, 1.807) is 49.9 Å². The molecule has 0 atom stereocenters. The minimum atomic E-state index is -0.374. The highest BCUT2D eigenvalue weighted by atomic mass is 16.5. The van der Waals surface area contributed by atoms with Gasteiger partial charge in [-0.25, -0.2) is 4.52 Å². The van der Waals surface area contributed by atoms with E-state index in [-0.39, 0.29) is 18.2 Å². The van der Waals surface area contributed by atoms with Crippen molar-refractivity contribution in [2.45, 2.75) is 20.5 Å². The van der Waals surface area contributed by atoms with E-state index in [1.807, 2.05) is 31.2 Å². The molecule has 0 unspecified atom stereocenters. The van der Waals surface area contributed by atoms with Crippen LogP contribution in [-0.4, -0.2) is 46.5 Å². The van der Waals surface area contributed by atoms with E-state index in [2.05, 4.69) is 20.6 Å². The maximum Gasteiger partial charge on any atom is 0.278 e. The predicted molar refractivity (Wildman–Crippen MR) is 124 cm³/mol. The third-order valence-corrected chi connectivity index (χ3v) is 5.14. The summed E-state index contributed by atoms with van der Waals surface area (Å²) in [5.41, 5.74) is 4.33. The SMILES string of the molecule is CCOc1ccc(NC(=O)c2nnc3c(-c4ccc(OC)cc4)c(COC)nn3c2C)cc1. The van der Waals surface area contributed by atoms with Crippen LogP contribution in [0.1, 0.15) is 28.8 Å². The molecule has 1 amide bonds. The van der Waals surface area contributed by atoms with Crippen LogP contribution < -0.4 is 14.8 Å². The van der Waals surface area contributed by atoms with Crippen molar-refractivity contribution >= 4 is 17.2 Å². The fourth-order valence-corrected chi connectivity index (χ4v) is 3.54. The molecule has 9 nitrogen and oxygen atoms in total. The lowest BCUT2D eigenvalue weighted by atomic mass is 10.1. The molecule has 0 aliphatic rings. The van der Waals surface area contributed by atoms with Crippen molar-refractivity contribution in [2.75, 3.05) is 26.1 Å². The molecule has 0 radical (unpaired) electrons. The number of nitrogens with zero attached hydrogens (tertiary/aromatic N) is 4. The van der Waals surface area contributed by atoms with Gasteiger partial charge in [0.2, 0.25) is 0 Å². The van der Waals surface area contributed by atoms with Crippen LogP contribution in [0.2, 0.25) is 0 Å². The zero-order valence-corrected chi connectivity index (χ0v) is 19.0. The third kappa shape index (κ3) is 4.49. The van der Waals surface area contributed by atoms with Crippen molar-refractivity contribution in [3.63, 3.8) is 0 Å². The average Bonchev–Trinajstić information content (AvgIpc) is 3.20. The number of carbonyl (C=O) groups excluding carboxylic acids is 1. The van der Waals surface area contributed by atoms with Crippen LogP contribution in [0.25, 0.3) is 16.8 Å². The van der Waals surface area contributed by atoms with Crippen LogP contribution in [0.4, 0.5) is 5.69 Å². The van der Waals surface area contributed by atoms with Crippen LogP contribution in [0, 0.1) is 6.92 Å². The standard InChI is InChI=1S/C24H25N5O4/c1-5-33-19-12-8-17(9-13-19)25-24(30)22-15(2)29-23(27-26-22)21(20(28-29)14-31-3)16-6-10-18(32-4)11-7-16/h6-13H,5,14H2,1-4H3,(H,25,30). The molecule has 0 aliphatic carbocycles. The van der Waals surface area contributed by atoms with E-state index in [0.29, 0.717) is 29.3 Å². The second-order valence-corrected chi connectivity index (χ2v) is 7.26.